The second kappa shape index (κ2) is 9.05. The number of ether oxygens (including phenoxy) is 1. The van der Waals surface area contributed by atoms with E-state index in [9.17, 15) is 14.9 Å². The lowest BCUT2D eigenvalue weighted by Gasteiger charge is -2.31. The number of nitro benzene ring substituents is 1. The fraction of sp³-hybridized carbons (Fsp3) is 0.211. The number of hydrogen-bond donors (Lipinski definition) is 1. The van der Waals surface area contributed by atoms with E-state index in [0.29, 0.717) is 42.6 Å². The zero-order valence-electron chi connectivity index (χ0n) is 14.7. The van der Waals surface area contributed by atoms with Crippen LogP contribution in [0.1, 0.15) is 5.56 Å². The standard InChI is InChI=1S/C19H17Cl2N3O4/c20-14-6-4-13(12-17(14)24(26)27)5-7-18(25)22-16-3-1-2-15(21)19(16)23-8-10-28-11-9-23/h1-7,12H,8-11H2,(H,22,25). The minimum atomic E-state index is -0.569. The van der Waals surface area contributed by atoms with E-state index in [1.807, 2.05) is 0 Å². The van der Waals surface area contributed by atoms with E-state index in [1.165, 1.54) is 24.3 Å². The minimum Gasteiger partial charge on any atom is -0.378 e. The van der Waals surface area contributed by atoms with Crippen molar-refractivity contribution in [1.29, 1.82) is 0 Å². The zero-order chi connectivity index (χ0) is 20.1. The number of carbonyl (C=O) groups excluding carboxylic acids is 1. The van der Waals surface area contributed by atoms with Crippen molar-refractivity contribution in [3.8, 4) is 0 Å². The van der Waals surface area contributed by atoms with Crippen LogP contribution in [-0.4, -0.2) is 37.1 Å². The lowest BCUT2D eigenvalue weighted by molar-refractivity contribution is -0.384. The van der Waals surface area contributed by atoms with E-state index >= 15 is 0 Å². The third-order valence-electron chi connectivity index (χ3n) is 4.17. The Hall–Kier alpha value is -2.61. The van der Waals surface area contributed by atoms with Crippen LogP contribution in [0.5, 0.6) is 0 Å². The quantitative estimate of drug-likeness (QED) is 0.439. The molecule has 7 nitrogen and oxygen atoms in total. The van der Waals surface area contributed by atoms with Gasteiger partial charge >= 0.3 is 0 Å². The first-order valence-corrected chi connectivity index (χ1v) is 9.25. The highest BCUT2D eigenvalue weighted by atomic mass is 35.5. The van der Waals surface area contributed by atoms with Crippen molar-refractivity contribution in [3.05, 3.63) is 68.2 Å². The second-order valence-electron chi connectivity index (χ2n) is 6.03. The molecule has 0 unspecified atom stereocenters. The third kappa shape index (κ3) is 4.81. The van der Waals surface area contributed by atoms with Crippen LogP contribution < -0.4 is 10.2 Å². The predicted octanol–water partition coefficient (Wildman–Crippen LogP) is 4.39. The van der Waals surface area contributed by atoms with Crippen LogP contribution in [0.15, 0.2) is 42.5 Å². The van der Waals surface area contributed by atoms with E-state index in [2.05, 4.69) is 10.2 Å². The molecule has 3 rings (SSSR count). The van der Waals surface area contributed by atoms with Crippen molar-refractivity contribution in [2.75, 3.05) is 36.5 Å². The number of nitrogens with one attached hydrogen (secondary N) is 1. The van der Waals surface area contributed by atoms with Crippen molar-refractivity contribution in [2.24, 2.45) is 0 Å². The molecule has 0 saturated carbocycles. The fourth-order valence-electron chi connectivity index (χ4n) is 2.84. The Labute approximate surface area is 171 Å². The maximum absolute atomic E-state index is 12.4. The van der Waals surface area contributed by atoms with Crippen LogP contribution in [0.25, 0.3) is 6.08 Å². The van der Waals surface area contributed by atoms with E-state index in [4.69, 9.17) is 27.9 Å². The van der Waals surface area contributed by atoms with Gasteiger partial charge in [0.25, 0.3) is 5.69 Å². The highest BCUT2D eigenvalue weighted by Gasteiger charge is 2.18. The average Bonchev–Trinajstić information content (AvgIpc) is 2.68. The molecular formula is C19H17Cl2N3O4. The molecular weight excluding hydrogens is 405 g/mol. The summed E-state index contributed by atoms with van der Waals surface area (Å²) in [6, 6.07) is 9.63. The summed E-state index contributed by atoms with van der Waals surface area (Å²) in [5, 5.41) is 14.4. The maximum atomic E-state index is 12.4. The Morgan fingerprint density at radius 3 is 2.64 bits per heavy atom. The Kier molecular flexibility index (Phi) is 6.51. The Bertz CT molecular complexity index is 927. The summed E-state index contributed by atoms with van der Waals surface area (Å²) >= 11 is 12.1. The summed E-state index contributed by atoms with van der Waals surface area (Å²) < 4.78 is 5.36. The van der Waals surface area contributed by atoms with Crippen LogP contribution >= 0.6 is 23.2 Å². The maximum Gasteiger partial charge on any atom is 0.288 e. The normalized spacial score (nSPS) is 14.3. The number of para-hydroxylation sites is 1. The Balaban J connectivity index is 1.77. The minimum absolute atomic E-state index is 0.0423. The lowest BCUT2D eigenvalue weighted by Crippen LogP contribution is -2.37. The van der Waals surface area contributed by atoms with Gasteiger partial charge in [-0.15, -0.1) is 0 Å². The molecule has 1 N–H and O–H groups in total. The number of halogens is 2. The fourth-order valence-corrected chi connectivity index (χ4v) is 3.32. The SMILES string of the molecule is O=C(C=Cc1ccc(Cl)c([N+](=O)[O-])c1)Nc1cccc(Cl)c1N1CCOCC1. The van der Waals surface area contributed by atoms with Gasteiger partial charge in [0.1, 0.15) is 5.02 Å². The van der Waals surface area contributed by atoms with Crippen LogP contribution in [0.3, 0.4) is 0 Å². The first-order chi connectivity index (χ1) is 13.5. The van der Waals surface area contributed by atoms with Crippen molar-refractivity contribution in [3.63, 3.8) is 0 Å². The topological polar surface area (TPSA) is 84.7 Å². The van der Waals surface area contributed by atoms with Gasteiger partial charge in [-0.2, -0.15) is 0 Å². The largest absolute Gasteiger partial charge is 0.378 e. The highest BCUT2D eigenvalue weighted by molar-refractivity contribution is 6.34. The third-order valence-corrected chi connectivity index (χ3v) is 4.79. The number of benzene rings is 2. The monoisotopic (exact) mass is 421 g/mol. The van der Waals surface area contributed by atoms with Gasteiger partial charge in [0.15, 0.2) is 0 Å². The van der Waals surface area contributed by atoms with Gasteiger partial charge in [-0.05, 0) is 29.8 Å². The molecule has 9 heteroatoms. The number of amides is 1. The molecule has 1 aliphatic heterocycles. The predicted molar refractivity (Wildman–Crippen MR) is 110 cm³/mol. The van der Waals surface area contributed by atoms with Crippen LogP contribution in [0.4, 0.5) is 17.1 Å². The molecule has 1 amide bonds. The Morgan fingerprint density at radius 1 is 1.18 bits per heavy atom. The van der Waals surface area contributed by atoms with Crippen LogP contribution in [0.2, 0.25) is 10.0 Å². The van der Waals surface area contributed by atoms with E-state index in [-0.39, 0.29) is 16.6 Å². The van der Waals surface area contributed by atoms with E-state index in [1.54, 1.807) is 24.3 Å². The van der Waals surface area contributed by atoms with Gasteiger partial charge in [-0.1, -0.05) is 35.3 Å². The molecule has 0 bridgehead atoms. The van der Waals surface area contributed by atoms with E-state index in [0.717, 1.165) is 5.69 Å². The molecule has 0 radical (unpaired) electrons. The van der Waals surface area contributed by atoms with Crippen molar-refractivity contribution < 1.29 is 14.5 Å². The summed E-state index contributed by atoms with van der Waals surface area (Å²) in [5.41, 5.74) is 1.61. The number of rotatable bonds is 5. The molecule has 2 aromatic rings. The van der Waals surface area contributed by atoms with Gasteiger partial charge in [0.2, 0.25) is 5.91 Å². The van der Waals surface area contributed by atoms with E-state index < -0.39 is 4.92 Å². The molecule has 1 aliphatic rings. The highest BCUT2D eigenvalue weighted by Crippen LogP contribution is 2.34. The first kappa shape index (κ1) is 20.1. The molecule has 1 fully saturated rings. The molecule has 1 saturated heterocycles. The molecule has 146 valence electrons. The molecule has 0 atom stereocenters. The summed E-state index contributed by atoms with van der Waals surface area (Å²) in [5.74, 6) is -0.380. The number of nitrogens with zero attached hydrogens (tertiary/aromatic N) is 2. The number of nitro groups is 1. The smallest absolute Gasteiger partial charge is 0.288 e. The average molecular weight is 422 g/mol. The van der Waals surface area contributed by atoms with Crippen molar-refractivity contribution in [2.45, 2.75) is 0 Å². The molecule has 28 heavy (non-hydrogen) atoms. The number of anilines is 2. The summed E-state index contributed by atoms with van der Waals surface area (Å²) in [4.78, 5) is 24.8. The van der Waals surface area contributed by atoms with Gasteiger partial charge in [-0.3, -0.25) is 14.9 Å². The number of hydrogen-bond acceptors (Lipinski definition) is 5. The molecule has 1 heterocycles. The lowest BCUT2D eigenvalue weighted by atomic mass is 10.2. The summed E-state index contributed by atoms with van der Waals surface area (Å²) in [7, 11) is 0. The Morgan fingerprint density at radius 2 is 1.93 bits per heavy atom. The number of morpholine rings is 1. The summed E-state index contributed by atoms with van der Waals surface area (Å²) in [6.07, 6.45) is 2.79. The molecule has 0 aliphatic carbocycles. The summed E-state index contributed by atoms with van der Waals surface area (Å²) in [6.45, 7) is 2.54. The number of carbonyl (C=O) groups is 1. The zero-order valence-corrected chi connectivity index (χ0v) is 16.2. The van der Waals surface area contributed by atoms with Gasteiger partial charge in [-0.25, -0.2) is 0 Å². The van der Waals surface area contributed by atoms with Gasteiger partial charge in [0, 0.05) is 25.2 Å². The molecule has 0 aromatic heterocycles. The van der Waals surface area contributed by atoms with Crippen molar-refractivity contribution >= 4 is 52.2 Å². The van der Waals surface area contributed by atoms with Crippen molar-refractivity contribution in [1.82, 2.24) is 0 Å². The van der Waals surface area contributed by atoms with Crippen LogP contribution in [0, 0.1) is 10.1 Å². The van der Waals surface area contributed by atoms with Gasteiger partial charge in [0.05, 0.1) is 34.5 Å². The second-order valence-corrected chi connectivity index (χ2v) is 6.84. The first-order valence-electron chi connectivity index (χ1n) is 8.50. The molecule has 2 aromatic carbocycles. The van der Waals surface area contributed by atoms with Crippen LogP contribution in [-0.2, 0) is 9.53 Å². The van der Waals surface area contributed by atoms with Gasteiger partial charge < -0.3 is 15.0 Å². The molecule has 0 spiro atoms.